The molecule has 1 N–H and O–H groups in total. The molecule has 0 spiro atoms. The van der Waals surface area contributed by atoms with E-state index in [2.05, 4.69) is 36.0 Å². The summed E-state index contributed by atoms with van der Waals surface area (Å²) in [5.41, 5.74) is 6.43. The molecule has 1 amide bonds. The number of aromatic nitrogens is 3. The lowest BCUT2D eigenvalue weighted by Crippen LogP contribution is -2.46. The van der Waals surface area contributed by atoms with Crippen LogP contribution < -0.4 is 15.0 Å². The van der Waals surface area contributed by atoms with Crippen molar-refractivity contribution in [3.8, 4) is 22.6 Å². The smallest absolute Gasteiger partial charge is 0.254 e. The van der Waals surface area contributed by atoms with E-state index in [1.54, 1.807) is 9.58 Å². The summed E-state index contributed by atoms with van der Waals surface area (Å²) in [6.07, 6.45) is 8.70. The molecule has 6 rings (SSSR count). The Labute approximate surface area is 241 Å². The molecule has 3 aromatic rings. The maximum absolute atomic E-state index is 14.2. The quantitative estimate of drug-likeness (QED) is 0.495. The van der Waals surface area contributed by atoms with Crippen LogP contribution in [0.1, 0.15) is 70.9 Å². The third kappa shape index (κ3) is 4.64. The van der Waals surface area contributed by atoms with E-state index in [0.29, 0.717) is 35.9 Å². The van der Waals surface area contributed by atoms with Crippen molar-refractivity contribution < 1.29 is 14.3 Å². The van der Waals surface area contributed by atoms with Crippen LogP contribution in [0, 0.1) is 26.7 Å². The first kappa shape index (κ1) is 27.6. The van der Waals surface area contributed by atoms with Crippen LogP contribution in [0.25, 0.3) is 11.1 Å². The van der Waals surface area contributed by atoms with Crippen LogP contribution >= 0.6 is 0 Å². The highest BCUT2D eigenvalue weighted by molar-refractivity contribution is 6.02. The third-order valence-corrected chi connectivity index (χ3v) is 9.50. The van der Waals surface area contributed by atoms with Gasteiger partial charge in [-0.25, -0.2) is 0 Å². The number of pyridine rings is 1. The summed E-state index contributed by atoms with van der Waals surface area (Å²) in [4.78, 5) is 34.0. The van der Waals surface area contributed by atoms with Gasteiger partial charge in [0.2, 0.25) is 0 Å². The molecular formula is C32H41N5O4. The summed E-state index contributed by atoms with van der Waals surface area (Å²) in [6, 6.07) is 2.53. The van der Waals surface area contributed by atoms with Crippen LogP contribution in [-0.2, 0) is 20.0 Å². The molecule has 218 valence electrons. The number of carbonyl (C=O) groups is 1. The van der Waals surface area contributed by atoms with Crippen LogP contribution in [-0.4, -0.2) is 62.9 Å². The molecular weight excluding hydrogens is 518 g/mol. The van der Waals surface area contributed by atoms with Gasteiger partial charge in [-0.1, -0.05) is 0 Å². The molecule has 1 fully saturated rings. The number of aromatic amines is 1. The first-order valence-electron chi connectivity index (χ1n) is 14.7. The third-order valence-electron chi connectivity index (χ3n) is 9.50. The number of H-pyrrole nitrogens is 1. The molecule has 0 unspecified atom stereocenters. The maximum Gasteiger partial charge on any atom is 0.254 e. The Bertz CT molecular complexity index is 1580. The molecule has 3 aliphatic rings. The average molecular weight is 560 g/mol. The van der Waals surface area contributed by atoms with E-state index in [9.17, 15) is 9.59 Å². The lowest BCUT2D eigenvalue weighted by atomic mass is 9.81. The number of amides is 1. The Hall–Kier alpha value is -3.59. The highest BCUT2D eigenvalue weighted by atomic mass is 16.7. The normalized spacial score (nSPS) is 23.8. The first-order valence-corrected chi connectivity index (χ1v) is 14.7. The number of hydrogen-bond acceptors (Lipinski definition) is 6. The highest BCUT2D eigenvalue weighted by Crippen LogP contribution is 2.55. The van der Waals surface area contributed by atoms with Gasteiger partial charge in [0, 0.05) is 66.6 Å². The van der Waals surface area contributed by atoms with Gasteiger partial charge in [-0.2, -0.15) is 5.10 Å². The molecule has 0 radical (unpaired) electrons. The van der Waals surface area contributed by atoms with Crippen LogP contribution in [0.2, 0.25) is 0 Å². The number of nitrogens with zero attached hydrogens (tertiary/aromatic N) is 4. The SMILES string of the molecule is Cc1cc(C)c(CN2CCc3c(c(C)c4c(c3-c3cnn(C)c3)O[C@](C)([C@H]3CC[C@H](N(C)C)CC3)O4)C2=O)c(=O)[nH]1. The molecule has 0 bridgehead atoms. The first-order chi connectivity index (χ1) is 19.5. The zero-order valence-corrected chi connectivity index (χ0v) is 25.3. The van der Waals surface area contributed by atoms with Gasteiger partial charge in [-0.3, -0.25) is 14.3 Å². The zero-order chi connectivity index (χ0) is 29.2. The van der Waals surface area contributed by atoms with Gasteiger partial charge in [0.1, 0.15) is 0 Å². The monoisotopic (exact) mass is 559 g/mol. The largest absolute Gasteiger partial charge is 0.448 e. The fourth-order valence-corrected chi connectivity index (χ4v) is 7.14. The number of benzene rings is 1. The number of ether oxygens (including phenoxy) is 2. The minimum absolute atomic E-state index is 0.0836. The Morgan fingerprint density at radius 1 is 1.07 bits per heavy atom. The predicted octanol–water partition coefficient (Wildman–Crippen LogP) is 4.51. The van der Waals surface area contributed by atoms with E-state index in [4.69, 9.17) is 9.47 Å². The van der Waals surface area contributed by atoms with Gasteiger partial charge in [-0.15, -0.1) is 0 Å². The van der Waals surface area contributed by atoms with Crippen LogP contribution in [0.3, 0.4) is 0 Å². The van der Waals surface area contributed by atoms with Crippen molar-refractivity contribution in [3.05, 3.63) is 62.3 Å². The van der Waals surface area contributed by atoms with Crippen molar-refractivity contribution in [3.63, 3.8) is 0 Å². The summed E-state index contributed by atoms with van der Waals surface area (Å²) in [7, 11) is 6.19. The average Bonchev–Trinajstić information content (AvgIpc) is 3.51. The van der Waals surface area contributed by atoms with Gasteiger partial charge in [0.15, 0.2) is 11.5 Å². The number of rotatable bonds is 5. The Morgan fingerprint density at radius 3 is 2.41 bits per heavy atom. The van der Waals surface area contributed by atoms with E-state index < -0.39 is 5.79 Å². The zero-order valence-electron chi connectivity index (χ0n) is 25.3. The number of aryl methyl sites for hydroxylation is 3. The summed E-state index contributed by atoms with van der Waals surface area (Å²) in [5.74, 6) is 0.728. The van der Waals surface area contributed by atoms with E-state index in [1.165, 1.54) is 0 Å². The van der Waals surface area contributed by atoms with E-state index in [1.807, 2.05) is 46.3 Å². The van der Waals surface area contributed by atoms with Crippen LogP contribution in [0.15, 0.2) is 23.3 Å². The predicted molar refractivity (Wildman–Crippen MR) is 157 cm³/mol. The summed E-state index contributed by atoms with van der Waals surface area (Å²) < 4.78 is 15.4. The molecule has 4 heterocycles. The summed E-state index contributed by atoms with van der Waals surface area (Å²) in [5, 5.41) is 4.44. The number of hydrogen-bond donors (Lipinski definition) is 1. The lowest BCUT2D eigenvalue weighted by molar-refractivity contribution is -0.123. The minimum Gasteiger partial charge on any atom is -0.448 e. The Balaban J connectivity index is 1.40. The van der Waals surface area contributed by atoms with Crippen molar-refractivity contribution in [1.29, 1.82) is 0 Å². The minimum atomic E-state index is -0.805. The Morgan fingerprint density at radius 2 is 1.78 bits per heavy atom. The molecule has 9 nitrogen and oxygen atoms in total. The maximum atomic E-state index is 14.2. The van der Waals surface area contributed by atoms with Crippen molar-refractivity contribution in [2.45, 2.75) is 78.2 Å². The molecule has 1 atom stereocenters. The molecule has 9 heteroatoms. The van der Waals surface area contributed by atoms with Gasteiger partial charge in [-0.05, 0) is 84.2 Å². The lowest BCUT2D eigenvalue weighted by Gasteiger charge is -2.39. The fourth-order valence-electron chi connectivity index (χ4n) is 7.14. The molecule has 1 saturated carbocycles. The standard InChI is InChI=1S/C32H41N5O4/c1-18-14-19(2)34-30(38)25(18)17-37-13-12-24-26(31(37)39)20(3)28-29(27(24)21-15-33-36(7)16-21)41-32(4,40-28)22-8-10-23(11-9-22)35(5)6/h14-16,22-23H,8-13,17H2,1-7H3,(H,34,38)/t22-,23-,32-/m1/s1. The second-order valence-electron chi connectivity index (χ2n) is 12.5. The highest BCUT2D eigenvalue weighted by Gasteiger charge is 2.49. The second kappa shape index (κ2) is 10.0. The van der Waals surface area contributed by atoms with E-state index in [0.717, 1.165) is 64.9 Å². The molecule has 2 aromatic heterocycles. The van der Waals surface area contributed by atoms with Crippen LogP contribution in [0.4, 0.5) is 0 Å². The topological polar surface area (TPSA) is 92.7 Å². The summed E-state index contributed by atoms with van der Waals surface area (Å²) in [6.45, 7) is 8.60. The second-order valence-corrected chi connectivity index (χ2v) is 12.5. The van der Waals surface area contributed by atoms with E-state index >= 15 is 0 Å². The van der Waals surface area contributed by atoms with Crippen LogP contribution in [0.5, 0.6) is 11.5 Å². The molecule has 1 aliphatic carbocycles. The van der Waals surface area contributed by atoms with Gasteiger partial charge in [0.25, 0.3) is 17.3 Å². The Kier molecular flexibility index (Phi) is 6.76. The fraction of sp³-hybridized carbons (Fsp3) is 0.531. The molecule has 1 aromatic carbocycles. The van der Waals surface area contributed by atoms with Gasteiger partial charge in [0.05, 0.1) is 18.3 Å². The van der Waals surface area contributed by atoms with Gasteiger partial charge < -0.3 is 24.3 Å². The van der Waals surface area contributed by atoms with Crippen molar-refractivity contribution in [2.24, 2.45) is 13.0 Å². The van der Waals surface area contributed by atoms with Crippen molar-refractivity contribution in [1.82, 2.24) is 24.6 Å². The molecule has 0 saturated heterocycles. The van der Waals surface area contributed by atoms with Gasteiger partial charge >= 0.3 is 0 Å². The number of nitrogens with one attached hydrogen (secondary N) is 1. The van der Waals surface area contributed by atoms with Crippen molar-refractivity contribution >= 4 is 5.91 Å². The molecule has 41 heavy (non-hydrogen) atoms. The van der Waals surface area contributed by atoms with Crippen molar-refractivity contribution in [2.75, 3.05) is 20.6 Å². The number of carbonyl (C=O) groups excluding carboxylic acids is 1. The molecule has 2 aliphatic heterocycles. The summed E-state index contributed by atoms with van der Waals surface area (Å²) >= 11 is 0. The number of fused-ring (bicyclic) bond motifs is 2. The van der Waals surface area contributed by atoms with E-state index in [-0.39, 0.29) is 23.9 Å².